The quantitative estimate of drug-likeness (QED) is 0.523. The molecule has 2 fully saturated rings. The van der Waals surface area contributed by atoms with Gasteiger partial charge >= 0.3 is 6.18 Å². The van der Waals surface area contributed by atoms with Crippen LogP contribution in [-0.2, 0) is 0 Å². The van der Waals surface area contributed by atoms with E-state index >= 15 is 0 Å². The molecular weight excluding hydrogens is 357 g/mol. The summed E-state index contributed by atoms with van der Waals surface area (Å²) in [6, 6.07) is 0.405. The highest BCUT2D eigenvalue weighted by molar-refractivity contribution is 5.80. The SMILES string of the molecule is CN=C(NCC(C(C)C)N1CCN(C)CC1)NC1CCN(CC(F)(F)F)C1. The van der Waals surface area contributed by atoms with Gasteiger partial charge in [-0.1, -0.05) is 13.8 Å². The summed E-state index contributed by atoms with van der Waals surface area (Å²) < 4.78 is 37.6. The standard InChI is InChI=1S/C18H35F3N6/c1-14(2)16(27-9-7-25(4)8-10-27)11-23-17(22-3)24-15-5-6-26(12-15)13-18(19,20)21/h14-16H,5-13H2,1-4H3,(H2,22,23,24). The summed E-state index contributed by atoms with van der Waals surface area (Å²) in [6.07, 6.45) is -3.44. The summed E-state index contributed by atoms with van der Waals surface area (Å²) in [4.78, 5) is 10.6. The number of likely N-dealkylation sites (tertiary alicyclic amines) is 1. The van der Waals surface area contributed by atoms with Gasteiger partial charge in [-0.25, -0.2) is 0 Å². The Balaban J connectivity index is 1.80. The molecule has 0 spiro atoms. The number of rotatable bonds is 6. The molecule has 0 saturated carbocycles. The van der Waals surface area contributed by atoms with E-state index in [0.29, 0.717) is 37.4 Å². The van der Waals surface area contributed by atoms with Crippen LogP contribution in [0.25, 0.3) is 0 Å². The van der Waals surface area contributed by atoms with E-state index in [1.165, 1.54) is 4.90 Å². The molecule has 0 amide bonds. The third-order valence-electron chi connectivity index (χ3n) is 5.49. The lowest BCUT2D eigenvalue weighted by Crippen LogP contribution is -2.55. The van der Waals surface area contributed by atoms with Crippen LogP contribution in [-0.4, -0.2) is 105 Å². The van der Waals surface area contributed by atoms with E-state index in [1.807, 2.05) is 0 Å². The molecular formula is C18H35F3N6. The number of nitrogens with one attached hydrogen (secondary N) is 2. The number of aliphatic imine (C=N–C) groups is 1. The van der Waals surface area contributed by atoms with Crippen molar-refractivity contribution < 1.29 is 13.2 Å². The number of likely N-dealkylation sites (N-methyl/N-ethyl adjacent to an activating group) is 1. The summed E-state index contributed by atoms with van der Waals surface area (Å²) in [6.45, 7) is 9.52. The molecule has 158 valence electrons. The van der Waals surface area contributed by atoms with Crippen LogP contribution in [0.15, 0.2) is 4.99 Å². The fourth-order valence-corrected chi connectivity index (χ4v) is 3.88. The van der Waals surface area contributed by atoms with E-state index in [1.54, 1.807) is 7.05 Å². The van der Waals surface area contributed by atoms with Crippen LogP contribution in [0.3, 0.4) is 0 Å². The second-order valence-corrected chi connectivity index (χ2v) is 8.08. The topological polar surface area (TPSA) is 46.1 Å². The normalized spacial score (nSPS) is 25.2. The molecule has 2 aliphatic heterocycles. The minimum Gasteiger partial charge on any atom is -0.355 e. The second-order valence-electron chi connectivity index (χ2n) is 8.08. The maximum Gasteiger partial charge on any atom is 0.401 e. The molecule has 2 unspecified atom stereocenters. The summed E-state index contributed by atoms with van der Waals surface area (Å²) in [5, 5.41) is 6.68. The summed E-state index contributed by atoms with van der Waals surface area (Å²) >= 11 is 0. The first-order valence-electron chi connectivity index (χ1n) is 9.87. The largest absolute Gasteiger partial charge is 0.401 e. The van der Waals surface area contributed by atoms with Crippen molar-refractivity contribution in [1.29, 1.82) is 0 Å². The van der Waals surface area contributed by atoms with E-state index in [0.717, 1.165) is 32.7 Å². The van der Waals surface area contributed by atoms with Crippen LogP contribution >= 0.6 is 0 Å². The summed E-state index contributed by atoms with van der Waals surface area (Å²) in [7, 11) is 3.85. The van der Waals surface area contributed by atoms with E-state index in [-0.39, 0.29) is 6.04 Å². The van der Waals surface area contributed by atoms with Gasteiger partial charge in [-0.2, -0.15) is 13.2 Å². The lowest BCUT2D eigenvalue weighted by atomic mass is 10.0. The van der Waals surface area contributed by atoms with E-state index in [9.17, 15) is 13.2 Å². The van der Waals surface area contributed by atoms with Gasteiger partial charge in [-0.15, -0.1) is 0 Å². The molecule has 2 aliphatic rings. The molecule has 0 aromatic rings. The maximum atomic E-state index is 12.5. The third-order valence-corrected chi connectivity index (χ3v) is 5.49. The lowest BCUT2D eigenvalue weighted by Gasteiger charge is -2.40. The average Bonchev–Trinajstić information content (AvgIpc) is 3.00. The van der Waals surface area contributed by atoms with Crippen molar-refractivity contribution in [3.63, 3.8) is 0 Å². The van der Waals surface area contributed by atoms with E-state index < -0.39 is 12.7 Å². The minimum atomic E-state index is -4.14. The van der Waals surface area contributed by atoms with Gasteiger partial charge in [0.25, 0.3) is 0 Å². The van der Waals surface area contributed by atoms with E-state index in [2.05, 4.69) is 46.3 Å². The van der Waals surface area contributed by atoms with Crippen LogP contribution in [0.1, 0.15) is 20.3 Å². The lowest BCUT2D eigenvalue weighted by molar-refractivity contribution is -0.143. The molecule has 0 bridgehead atoms. The van der Waals surface area contributed by atoms with Crippen molar-refractivity contribution in [2.75, 3.05) is 66.5 Å². The Morgan fingerprint density at radius 1 is 1.15 bits per heavy atom. The number of hydrogen-bond acceptors (Lipinski definition) is 4. The van der Waals surface area contributed by atoms with Crippen molar-refractivity contribution in [2.45, 2.75) is 38.5 Å². The van der Waals surface area contributed by atoms with Gasteiger partial charge in [0.05, 0.1) is 6.54 Å². The van der Waals surface area contributed by atoms with Gasteiger partial charge in [0.2, 0.25) is 0 Å². The van der Waals surface area contributed by atoms with Crippen molar-refractivity contribution in [3.8, 4) is 0 Å². The minimum absolute atomic E-state index is 0.000290. The van der Waals surface area contributed by atoms with Crippen LogP contribution in [0, 0.1) is 5.92 Å². The number of alkyl halides is 3. The van der Waals surface area contributed by atoms with Gasteiger partial charge in [-0.3, -0.25) is 14.8 Å². The monoisotopic (exact) mass is 392 g/mol. The molecule has 0 radical (unpaired) electrons. The van der Waals surface area contributed by atoms with Crippen molar-refractivity contribution >= 4 is 5.96 Å². The molecule has 2 heterocycles. The first kappa shape index (κ1) is 22.2. The zero-order valence-corrected chi connectivity index (χ0v) is 17.0. The molecule has 2 atom stereocenters. The molecule has 2 N–H and O–H groups in total. The fourth-order valence-electron chi connectivity index (χ4n) is 3.88. The Kier molecular flexibility index (Phi) is 8.18. The number of piperazine rings is 1. The second kappa shape index (κ2) is 9.93. The van der Waals surface area contributed by atoms with Crippen molar-refractivity contribution in [1.82, 2.24) is 25.3 Å². The summed E-state index contributed by atoms with van der Waals surface area (Å²) in [5.74, 6) is 1.18. The van der Waals surface area contributed by atoms with Crippen LogP contribution < -0.4 is 10.6 Å². The number of halogens is 3. The number of guanidine groups is 1. The van der Waals surface area contributed by atoms with Gasteiger partial charge in [0, 0.05) is 64.9 Å². The van der Waals surface area contributed by atoms with Gasteiger partial charge in [0.15, 0.2) is 5.96 Å². The zero-order chi connectivity index (χ0) is 20.0. The molecule has 0 aromatic heterocycles. The predicted octanol–water partition coefficient (Wildman–Crippen LogP) is 1.06. The molecule has 27 heavy (non-hydrogen) atoms. The average molecular weight is 393 g/mol. The molecule has 2 rings (SSSR count). The van der Waals surface area contributed by atoms with Gasteiger partial charge in [0.1, 0.15) is 0 Å². The Bertz CT molecular complexity index is 474. The zero-order valence-electron chi connectivity index (χ0n) is 17.0. The Morgan fingerprint density at radius 3 is 2.37 bits per heavy atom. The maximum absolute atomic E-state index is 12.5. The van der Waals surface area contributed by atoms with Gasteiger partial charge in [-0.05, 0) is 19.4 Å². The fraction of sp³-hybridized carbons (Fsp3) is 0.944. The van der Waals surface area contributed by atoms with E-state index in [4.69, 9.17) is 0 Å². The molecule has 6 nitrogen and oxygen atoms in total. The highest BCUT2D eigenvalue weighted by Crippen LogP contribution is 2.20. The third kappa shape index (κ3) is 7.46. The number of hydrogen-bond donors (Lipinski definition) is 2. The predicted molar refractivity (Wildman–Crippen MR) is 103 cm³/mol. The molecule has 0 aliphatic carbocycles. The Labute approximate surface area is 161 Å². The highest BCUT2D eigenvalue weighted by atomic mass is 19.4. The van der Waals surface area contributed by atoms with Crippen LogP contribution in [0.5, 0.6) is 0 Å². The molecule has 9 heteroatoms. The number of nitrogens with zero attached hydrogens (tertiary/aromatic N) is 4. The first-order chi connectivity index (χ1) is 12.7. The van der Waals surface area contributed by atoms with Crippen molar-refractivity contribution in [3.05, 3.63) is 0 Å². The Hall–Kier alpha value is -1.06. The highest BCUT2D eigenvalue weighted by Gasteiger charge is 2.34. The van der Waals surface area contributed by atoms with Crippen molar-refractivity contribution in [2.24, 2.45) is 10.9 Å². The van der Waals surface area contributed by atoms with Gasteiger partial charge < -0.3 is 15.5 Å². The summed E-state index contributed by atoms with van der Waals surface area (Å²) in [5.41, 5.74) is 0. The van der Waals surface area contributed by atoms with Crippen LogP contribution in [0.2, 0.25) is 0 Å². The smallest absolute Gasteiger partial charge is 0.355 e. The van der Waals surface area contributed by atoms with Crippen LogP contribution in [0.4, 0.5) is 13.2 Å². The Morgan fingerprint density at radius 2 is 1.81 bits per heavy atom. The first-order valence-corrected chi connectivity index (χ1v) is 9.87. The molecule has 0 aromatic carbocycles. The molecule has 2 saturated heterocycles.